The van der Waals surface area contributed by atoms with Crippen LogP contribution in [0.15, 0.2) is 58.7 Å². The van der Waals surface area contributed by atoms with Crippen LogP contribution in [-0.4, -0.2) is 32.5 Å². The highest BCUT2D eigenvalue weighted by Gasteiger charge is 2.12. The molecule has 0 spiro atoms. The summed E-state index contributed by atoms with van der Waals surface area (Å²) in [6.07, 6.45) is 3.74. The first-order valence-corrected chi connectivity index (χ1v) is 9.05. The molecule has 0 aliphatic carbocycles. The molecule has 0 saturated carbocycles. The van der Waals surface area contributed by atoms with Crippen molar-refractivity contribution in [2.75, 3.05) is 18.4 Å². The van der Waals surface area contributed by atoms with Crippen LogP contribution in [0.5, 0.6) is 0 Å². The normalized spacial score (nSPS) is 11.6. The molecule has 0 radical (unpaired) electrons. The van der Waals surface area contributed by atoms with Gasteiger partial charge >= 0.3 is 0 Å². The zero-order chi connectivity index (χ0) is 17.4. The maximum Gasteiger partial charge on any atom is 0.242 e. The van der Waals surface area contributed by atoms with Crippen molar-refractivity contribution in [1.29, 1.82) is 0 Å². The molecule has 1 aromatic carbocycles. The van der Waals surface area contributed by atoms with Gasteiger partial charge in [-0.25, -0.2) is 13.1 Å². The van der Waals surface area contributed by atoms with Gasteiger partial charge in [-0.15, -0.1) is 24.0 Å². The summed E-state index contributed by atoms with van der Waals surface area (Å²) in [4.78, 5) is 8.03. The van der Waals surface area contributed by atoms with Gasteiger partial charge in [0.25, 0.3) is 0 Å². The maximum atomic E-state index is 12.0. The third kappa shape index (κ3) is 6.96. The van der Waals surface area contributed by atoms with Crippen LogP contribution in [-0.2, 0) is 16.4 Å². The third-order valence-corrected chi connectivity index (χ3v) is 4.68. The topological polar surface area (TPSA) is 109 Å². The van der Waals surface area contributed by atoms with Gasteiger partial charge in [-0.2, -0.15) is 0 Å². The van der Waals surface area contributed by atoms with E-state index in [2.05, 4.69) is 26.9 Å². The summed E-state index contributed by atoms with van der Waals surface area (Å²) in [7, 11) is -3.57. The Balaban J connectivity index is 0.00000312. The molecule has 7 nitrogen and oxygen atoms in total. The van der Waals surface area contributed by atoms with Crippen molar-refractivity contribution in [3.8, 4) is 0 Å². The second-order valence-electron chi connectivity index (χ2n) is 5.03. The number of guanidine groups is 1. The summed E-state index contributed by atoms with van der Waals surface area (Å²) < 4.78 is 26.4. The van der Waals surface area contributed by atoms with E-state index in [0.29, 0.717) is 0 Å². The number of nitrogens with one attached hydrogen (secondary N) is 2. The van der Waals surface area contributed by atoms with E-state index in [1.165, 1.54) is 24.0 Å². The van der Waals surface area contributed by atoms with E-state index in [4.69, 9.17) is 5.73 Å². The van der Waals surface area contributed by atoms with Crippen molar-refractivity contribution in [2.24, 2.45) is 10.7 Å². The molecule has 0 saturated heterocycles. The van der Waals surface area contributed by atoms with E-state index in [1.54, 1.807) is 6.07 Å². The SMILES string of the molecule is CCc1cccc(NC(N)=NCCNS(=O)(=O)c2cccnc2)c1.I. The number of nitrogens with two attached hydrogens (primary N) is 1. The van der Waals surface area contributed by atoms with Crippen LogP contribution in [0, 0.1) is 0 Å². The molecule has 2 rings (SSSR count). The third-order valence-electron chi connectivity index (χ3n) is 3.24. The highest BCUT2D eigenvalue weighted by atomic mass is 127. The van der Waals surface area contributed by atoms with Crippen molar-refractivity contribution in [1.82, 2.24) is 9.71 Å². The lowest BCUT2D eigenvalue weighted by Crippen LogP contribution is -2.28. The highest BCUT2D eigenvalue weighted by Crippen LogP contribution is 2.10. The van der Waals surface area contributed by atoms with Gasteiger partial charge < -0.3 is 11.1 Å². The Morgan fingerprint density at radius 2 is 2.08 bits per heavy atom. The van der Waals surface area contributed by atoms with E-state index in [1.807, 2.05) is 24.3 Å². The number of hydrogen-bond acceptors (Lipinski definition) is 4. The molecule has 0 aliphatic heterocycles. The van der Waals surface area contributed by atoms with Crippen LogP contribution in [0.1, 0.15) is 12.5 Å². The molecule has 2 aromatic rings. The lowest BCUT2D eigenvalue weighted by Gasteiger charge is -2.08. The van der Waals surface area contributed by atoms with Crippen molar-refractivity contribution in [3.05, 3.63) is 54.4 Å². The molecule has 25 heavy (non-hydrogen) atoms. The zero-order valence-electron chi connectivity index (χ0n) is 13.8. The van der Waals surface area contributed by atoms with Crippen LogP contribution >= 0.6 is 24.0 Å². The number of rotatable bonds is 7. The average molecular weight is 475 g/mol. The number of halogens is 1. The fourth-order valence-electron chi connectivity index (χ4n) is 2.00. The van der Waals surface area contributed by atoms with Gasteiger partial charge in [-0.1, -0.05) is 19.1 Å². The molecule has 0 unspecified atom stereocenters. The lowest BCUT2D eigenvalue weighted by molar-refractivity contribution is 0.582. The van der Waals surface area contributed by atoms with Crippen molar-refractivity contribution in [2.45, 2.75) is 18.2 Å². The molecule has 4 N–H and O–H groups in total. The van der Waals surface area contributed by atoms with Crippen LogP contribution in [0.25, 0.3) is 0 Å². The van der Waals surface area contributed by atoms with Gasteiger partial charge in [-0.05, 0) is 36.2 Å². The van der Waals surface area contributed by atoms with Crippen molar-refractivity contribution in [3.63, 3.8) is 0 Å². The molecular formula is C16H22IN5O2S. The maximum absolute atomic E-state index is 12.0. The first kappa shape index (κ1) is 21.3. The van der Waals surface area contributed by atoms with E-state index in [0.717, 1.165) is 12.1 Å². The number of pyridine rings is 1. The minimum Gasteiger partial charge on any atom is -0.370 e. The number of nitrogens with zero attached hydrogens (tertiary/aromatic N) is 2. The summed E-state index contributed by atoms with van der Waals surface area (Å²) in [6.45, 7) is 2.45. The molecule has 0 aliphatic rings. The van der Waals surface area contributed by atoms with Crippen LogP contribution in [0.2, 0.25) is 0 Å². The average Bonchev–Trinajstić information content (AvgIpc) is 2.60. The predicted octanol–water partition coefficient (Wildman–Crippen LogP) is 1.97. The summed E-state index contributed by atoms with van der Waals surface area (Å²) in [5.41, 5.74) is 7.85. The van der Waals surface area contributed by atoms with Crippen LogP contribution in [0.4, 0.5) is 5.69 Å². The van der Waals surface area contributed by atoms with Gasteiger partial charge in [0.05, 0.1) is 6.54 Å². The number of anilines is 1. The molecule has 0 amide bonds. The van der Waals surface area contributed by atoms with Gasteiger partial charge in [0.2, 0.25) is 10.0 Å². The van der Waals surface area contributed by atoms with Gasteiger partial charge in [-0.3, -0.25) is 9.98 Å². The summed E-state index contributed by atoms with van der Waals surface area (Å²) in [6, 6.07) is 10.9. The van der Waals surface area contributed by atoms with Gasteiger partial charge in [0.1, 0.15) is 4.90 Å². The molecule has 0 bridgehead atoms. The Hall–Kier alpha value is -1.72. The van der Waals surface area contributed by atoms with Crippen molar-refractivity contribution >= 4 is 45.6 Å². The Morgan fingerprint density at radius 3 is 2.76 bits per heavy atom. The summed E-state index contributed by atoms with van der Waals surface area (Å²) in [5, 5.41) is 2.99. The quantitative estimate of drug-likeness (QED) is 0.246. The number of aryl methyl sites for hydroxylation is 1. The molecular weight excluding hydrogens is 453 g/mol. The fraction of sp³-hybridized carbons (Fsp3) is 0.250. The standard InChI is InChI=1S/C16H21N5O2S.HI/c1-2-13-5-3-6-14(11-13)21-16(17)19-9-10-20-24(22,23)15-7-4-8-18-12-15;/h3-8,11-12,20H,2,9-10H2,1H3,(H3,17,19,21);1H. The van der Waals surface area contributed by atoms with E-state index >= 15 is 0 Å². The molecule has 136 valence electrons. The van der Waals surface area contributed by atoms with Gasteiger partial charge in [0.15, 0.2) is 5.96 Å². The second-order valence-corrected chi connectivity index (χ2v) is 6.80. The van der Waals surface area contributed by atoms with E-state index in [-0.39, 0.29) is 47.9 Å². The van der Waals surface area contributed by atoms with Gasteiger partial charge in [0, 0.05) is 24.6 Å². The largest absolute Gasteiger partial charge is 0.370 e. The molecule has 9 heteroatoms. The van der Waals surface area contributed by atoms with Crippen LogP contribution in [0.3, 0.4) is 0 Å². The van der Waals surface area contributed by atoms with E-state index < -0.39 is 10.0 Å². The summed E-state index contributed by atoms with van der Waals surface area (Å²) >= 11 is 0. The first-order valence-electron chi connectivity index (χ1n) is 7.57. The Morgan fingerprint density at radius 1 is 1.28 bits per heavy atom. The second kappa shape index (κ2) is 10.3. The number of hydrogen-bond donors (Lipinski definition) is 3. The zero-order valence-corrected chi connectivity index (χ0v) is 17.0. The number of benzene rings is 1. The molecule has 0 atom stereocenters. The minimum absolute atomic E-state index is 0. The Kier molecular flexibility index (Phi) is 8.79. The van der Waals surface area contributed by atoms with Crippen molar-refractivity contribution < 1.29 is 8.42 Å². The highest BCUT2D eigenvalue weighted by molar-refractivity contribution is 14.0. The number of aromatic nitrogens is 1. The predicted molar refractivity (Wildman–Crippen MR) is 111 cm³/mol. The minimum atomic E-state index is -3.57. The lowest BCUT2D eigenvalue weighted by atomic mass is 10.1. The monoisotopic (exact) mass is 475 g/mol. The first-order chi connectivity index (χ1) is 11.5. The molecule has 1 aromatic heterocycles. The van der Waals surface area contributed by atoms with E-state index in [9.17, 15) is 8.42 Å². The molecule has 1 heterocycles. The number of sulfonamides is 1. The Labute approximate surface area is 165 Å². The smallest absolute Gasteiger partial charge is 0.242 e. The number of aliphatic imine (C=N–C) groups is 1. The summed E-state index contributed by atoms with van der Waals surface area (Å²) in [5.74, 6) is 0.240. The fourth-order valence-corrected chi connectivity index (χ4v) is 2.99. The van der Waals surface area contributed by atoms with Crippen LogP contribution < -0.4 is 15.8 Å². The molecule has 0 fully saturated rings. The Bertz CT molecular complexity index is 797.